The molecule has 0 fully saturated rings. The smallest absolute Gasteiger partial charge is 0.247 e. The highest BCUT2D eigenvalue weighted by atomic mass is 35.5. The summed E-state index contributed by atoms with van der Waals surface area (Å²) in [5, 5.41) is 3.48. The summed E-state index contributed by atoms with van der Waals surface area (Å²) < 4.78 is 17.9. The minimum atomic E-state index is -0.640. The number of aromatic nitrogens is 2. The van der Waals surface area contributed by atoms with Crippen molar-refractivity contribution in [3.8, 4) is 0 Å². The third kappa shape index (κ3) is 1.98. The summed E-state index contributed by atoms with van der Waals surface area (Å²) in [5.41, 5.74) is 6.30. The molecule has 0 radical (unpaired) electrons. The van der Waals surface area contributed by atoms with Gasteiger partial charge in [-0.25, -0.2) is 4.39 Å². The Morgan fingerprint density at radius 3 is 2.87 bits per heavy atom. The van der Waals surface area contributed by atoms with Gasteiger partial charge in [0.2, 0.25) is 5.89 Å². The van der Waals surface area contributed by atoms with E-state index in [-0.39, 0.29) is 10.9 Å². The van der Waals surface area contributed by atoms with Gasteiger partial charge in [-0.15, -0.1) is 0 Å². The second kappa shape index (κ2) is 3.96. The van der Waals surface area contributed by atoms with Crippen LogP contribution < -0.4 is 5.73 Å². The Hall–Kier alpha value is -1.46. The van der Waals surface area contributed by atoms with E-state index < -0.39 is 11.9 Å². The number of halogens is 2. The molecule has 1 aromatic heterocycles. The molecule has 0 spiro atoms. The lowest BCUT2D eigenvalue weighted by Gasteiger charge is -2.07. The van der Waals surface area contributed by atoms with Crippen LogP contribution in [0.5, 0.6) is 0 Å². The SMILES string of the molecule is NC(c1ccc(Cl)c(F)c1)c1ncno1. The van der Waals surface area contributed by atoms with Crippen molar-refractivity contribution in [2.24, 2.45) is 5.73 Å². The molecule has 2 aromatic rings. The highest BCUT2D eigenvalue weighted by Crippen LogP contribution is 2.22. The van der Waals surface area contributed by atoms with Crippen molar-refractivity contribution in [2.45, 2.75) is 6.04 Å². The average molecular weight is 228 g/mol. The molecule has 0 saturated carbocycles. The Morgan fingerprint density at radius 2 is 2.27 bits per heavy atom. The zero-order chi connectivity index (χ0) is 10.8. The van der Waals surface area contributed by atoms with Crippen molar-refractivity contribution in [3.05, 3.63) is 46.8 Å². The molecule has 0 aliphatic heterocycles. The quantitative estimate of drug-likeness (QED) is 0.851. The normalized spacial score (nSPS) is 12.7. The molecule has 0 aliphatic carbocycles. The number of benzene rings is 1. The molecular weight excluding hydrogens is 221 g/mol. The van der Waals surface area contributed by atoms with Crippen LogP contribution in [0, 0.1) is 5.82 Å². The molecule has 1 heterocycles. The van der Waals surface area contributed by atoms with E-state index in [4.69, 9.17) is 21.9 Å². The fraction of sp³-hybridized carbons (Fsp3) is 0.111. The predicted molar refractivity (Wildman–Crippen MR) is 51.7 cm³/mol. The molecule has 1 unspecified atom stereocenters. The minimum absolute atomic E-state index is 0.0523. The van der Waals surface area contributed by atoms with Crippen molar-refractivity contribution >= 4 is 11.6 Å². The van der Waals surface area contributed by atoms with E-state index in [0.717, 1.165) is 0 Å². The molecule has 6 heteroatoms. The van der Waals surface area contributed by atoms with Crippen molar-refractivity contribution < 1.29 is 8.91 Å². The molecular formula is C9H7ClFN3O. The van der Waals surface area contributed by atoms with E-state index in [2.05, 4.69) is 10.1 Å². The van der Waals surface area contributed by atoms with Crippen LogP contribution in [0.15, 0.2) is 29.0 Å². The molecule has 0 amide bonds. The number of nitrogens with zero attached hydrogens (tertiary/aromatic N) is 2. The summed E-state index contributed by atoms with van der Waals surface area (Å²) in [7, 11) is 0. The number of hydrogen-bond donors (Lipinski definition) is 1. The van der Waals surface area contributed by atoms with Crippen LogP contribution in [-0.2, 0) is 0 Å². The van der Waals surface area contributed by atoms with Crippen LogP contribution in [0.25, 0.3) is 0 Å². The van der Waals surface area contributed by atoms with E-state index in [0.29, 0.717) is 5.56 Å². The van der Waals surface area contributed by atoms with Crippen LogP contribution in [0.2, 0.25) is 5.02 Å². The van der Waals surface area contributed by atoms with Gasteiger partial charge in [0.05, 0.1) is 5.02 Å². The molecule has 0 saturated heterocycles. The Morgan fingerprint density at radius 1 is 1.47 bits per heavy atom. The van der Waals surface area contributed by atoms with Crippen molar-refractivity contribution in [1.82, 2.24) is 10.1 Å². The molecule has 1 aromatic carbocycles. The highest BCUT2D eigenvalue weighted by Gasteiger charge is 2.15. The summed E-state index contributed by atoms with van der Waals surface area (Å²) in [5.74, 6) is -0.291. The van der Waals surface area contributed by atoms with Crippen molar-refractivity contribution in [2.75, 3.05) is 0 Å². The second-order valence-electron chi connectivity index (χ2n) is 2.93. The molecule has 15 heavy (non-hydrogen) atoms. The first-order valence-electron chi connectivity index (χ1n) is 4.15. The monoisotopic (exact) mass is 227 g/mol. The number of hydrogen-bond acceptors (Lipinski definition) is 4. The summed E-state index contributed by atoms with van der Waals surface area (Å²) in [4.78, 5) is 3.79. The maximum Gasteiger partial charge on any atom is 0.247 e. The van der Waals surface area contributed by atoms with Crippen LogP contribution in [0.4, 0.5) is 4.39 Å². The van der Waals surface area contributed by atoms with Gasteiger partial charge in [-0.1, -0.05) is 22.8 Å². The topological polar surface area (TPSA) is 64.9 Å². The van der Waals surface area contributed by atoms with Crippen LogP contribution >= 0.6 is 11.6 Å². The van der Waals surface area contributed by atoms with Crippen LogP contribution in [-0.4, -0.2) is 10.1 Å². The fourth-order valence-corrected chi connectivity index (χ4v) is 1.28. The van der Waals surface area contributed by atoms with E-state index in [1.807, 2.05) is 0 Å². The first kappa shape index (κ1) is 10.1. The Kier molecular flexibility index (Phi) is 2.66. The maximum absolute atomic E-state index is 13.1. The molecule has 0 aliphatic rings. The van der Waals surface area contributed by atoms with Crippen LogP contribution in [0.3, 0.4) is 0 Å². The first-order valence-corrected chi connectivity index (χ1v) is 4.53. The molecule has 0 bridgehead atoms. The lowest BCUT2D eigenvalue weighted by molar-refractivity contribution is 0.366. The zero-order valence-electron chi connectivity index (χ0n) is 7.52. The van der Waals surface area contributed by atoms with E-state index in [1.165, 1.54) is 18.5 Å². The van der Waals surface area contributed by atoms with E-state index in [9.17, 15) is 4.39 Å². The van der Waals surface area contributed by atoms with Gasteiger partial charge in [0, 0.05) is 0 Å². The van der Waals surface area contributed by atoms with E-state index >= 15 is 0 Å². The third-order valence-electron chi connectivity index (χ3n) is 1.95. The lowest BCUT2D eigenvalue weighted by atomic mass is 10.1. The Bertz CT molecular complexity index is 460. The van der Waals surface area contributed by atoms with Gasteiger partial charge in [0.15, 0.2) is 6.33 Å². The Labute approximate surface area is 89.8 Å². The summed E-state index contributed by atoms with van der Waals surface area (Å²) >= 11 is 5.54. The van der Waals surface area contributed by atoms with Gasteiger partial charge in [-0.2, -0.15) is 4.98 Å². The van der Waals surface area contributed by atoms with Crippen molar-refractivity contribution in [1.29, 1.82) is 0 Å². The number of rotatable bonds is 2. The summed E-state index contributed by atoms with van der Waals surface area (Å²) in [6, 6.07) is 3.65. The van der Waals surface area contributed by atoms with Gasteiger partial charge in [-0.3, -0.25) is 0 Å². The molecule has 1 atom stereocenters. The highest BCUT2D eigenvalue weighted by molar-refractivity contribution is 6.30. The molecule has 4 nitrogen and oxygen atoms in total. The van der Waals surface area contributed by atoms with E-state index in [1.54, 1.807) is 6.07 Å². The average Bonchev–Trinajstić information content (AvgIpc) is 2.74. The van der Waals surface area contributed by atoms with Gasteiger partial charge in [-0.05, 0) is 17.7 Å². The van der Waals surface area contributed by atoms with Crippen LogP contribution in [0.1, 0.15) is 17.5 Å². The summed E-state index contributed by atoms with van der Waals surface area (Å²) in [6.45, 7) is 0. The van der Waals surface area contributed by atoms with Gasteiger partial charge in [0.25, 0.3) is 0 Å². The molecule has 2 rings (SSSR count). The first-order chi connectivity index (χ1) is 7.18. The predicted octanol–water partition coefficient (Wildman–Crippen LogP) is 1.91. The Balaban J connectivity index is 2.34. The zero-order valence-corrected chi connectivity index (χ0v) is 8.28. The summed E-state index contributed by atoms with van der Waals surface area (Å²) in [6.07, 6.45) is 1.24. The molecule has 78 valence electrons. The third-order valence-corrected chi connectivity index (χ3v) is 2.25. The molecule has 2 N–H and O–H groups in total. The number of nitrogens with two attached hydrogens (primary N) is 1. The minimum Gasteiger partial charge on any atom is -0.338 e. The fourth-order valence-electron chi connectivity index (χ4n) is 1.17. The largest absolute Gasteiger partial charge is 0.338 e. The second-order valence-corrected chi connectivity index (χ2v) is 3.34. The standard InChI is InChI=1S/C9H7ClFN3O/c10-6-2-1-5(3-7(6)11)8(12)9-13-4-14-15-9/h1-4,8H,12H2. The van der Waals surface area contributed by atoms with Gasteiger partial charge in [0.1, 0.15) is 11.9 Å². The lowest BCUT2D eigenvalue weighted by Crippen LogP contribution is -2.12. The van der Waals surface area contributed by atoms with Crippen molar-refractivity contribution in [3.63, 3.8) is 0 Å². The maximum atomic E-state index is 13.1. The van der Waals surface area contributed by atoms with Gasteiger partial charge < -0.3 is 10.3 Å². The van der Waals surface area contributed by atoms with Gasteiger partial charge >= 0.3 is 0 Å².